The van der Waals surface area contributed by atoms with Crippen molar-refractivity contribution in [2.45, 2.75) is 28.0 Å². The van der Waals surface area contributed by atoms with Crippen LogP contribution in [0, 0.1) is 0 Å². The van der Waals surface area contributed by atoms with Crippen molar-refractivity contribution in [3.05, 3.63) is 191 Å². The number of benzene rings is 8. The lowest BCUT2D eigenvalue weighted by atomic mass is 9.66. The van der Waals surface area contributed by atoms with Crippen molar-refractivity contribution in [3.8, 4) is 33.4 Å². The van der Waals surface area contributed by atoms with E-state index in [9.17, 15) is 0 Å². The number of anilines is 1. The van der Waals surface area contributed by atoms with Crippen molar-refractivity contribution in [1.29, 1.82) is 0 Å². The van der Waals surface area contributed by atoms with Gasteiger partial charge in [-0.2, -0.15) is 0 Å². The Kier molecular flexibility index (Phi) is 6.15. The van der Waals surface area contributed by atoms with Crippen molar-refractivity contribution < 1.29 is 0 Å². The molecule has 0 saturated heterocycles. The van der Waals surface area contributed by atoms with E-state index in [1.807, 2.05) is 11.8 Å². The van der Waals surface area contributed by atoms with E-state index >= 15 is 0 Å². The summed E-state index contributed by atoms with van der Waals surface area (Å²) in [5.41, 5.74) is 22.8. The first kappa shape index (κ1) is 29.0. The van der Waals surface area contributed by atoms with E-state index < -0.39 is 5.41 Å². The fourth-order valence-corrected chi connectivity index (χ4v) is 10.7. The predicted molar refractivity (Wildman–Crippen MR) is 216 cm³/mol. The minimum Gasteiger partial charge on any atom is -0.399 e. The zero-order valence-corrected chi connectivity index (χ0v) is 28.8. The van der Waals surface area contributed by atoms with Gasteiger partial charge in [0.1, 0.15) is 0 Å². The molecule has 8 aromatic carbocycles. The Morgan fingerprint density at radius 1 is 0.510 bits per heavy atom. The monoisotopic (exact) mass is 667 g/mol. The van der Waals surface area contributed by atoms with Gasteiger partial charge in [0, 0.05) is 15.5 Å². The topological polar surface area (TPSA) is 26.0 Å². The van der Waals surface area contributed by atoms with Gasteiger partial charge in [-0.25, -0.2) is 0 Å². The smallest absolute Gasteiger partial charge is 0.0736 e. The lowest BCUT2D eigenvalue weighted by Crippen LogP contribution is -2.32. The van der Waals surface area contributed by atoms with E-state index in [1.54, 1.807) is 0 Å². The average molecular weight is 668 g/mol. The van der Waals surface area contributed by atoms with Crippen LogP contribution in [0.25, 0.3) is 61.0 Å². The minimum absolute atomic E-state index is 0.483. The van der Waals surface area contributed by atoms with Crippen LogP contribution in [0.5, 0.6) is 0 Å². The summed E-state index contributed by atoms with van der Waals surface area (Å²) in [6.45, 7) is 0. The third-order valence-corrected chi connectivity index (χ3v) is 12.7. The number of fused-ring (bicyclic) bond motifs is 12. The number of rotatable bonds is 2. The second kappa shape index (κ2) is 10.8. The summed E-state index contributed by atoms with van der Waals surface area (Å²) in [6, 6.07) is 56.4. The molecule has 1 spiro atoms. The van der Waals surface area contributed by atoms with E-state index in [0.29, 0.717) is 0 Å². The molecule has 51 heavy (non-hydrogen) atoms. The van der Waals surface area contributed by atoms with Gasteiger partial charge in [-0.3, -0.25) is 0 Å². The number of nitrogen functional groups attached to an aromatic ring is 1. The first-order valence-corrected chi connectivity index (χ1v) is 18.7. The predicted octanol–water partition coefficient (Wildman–Crippen LogP) is 12.7. The summed E-state index contributed by atoms with van der Waals surface area (Å²) in [5, 5.41) is 5.19. The van der Waals surface area contributed by atoms with Gasteiger partial charge in [-0.1, -0.05) is 145 Å². The van der Waals surface area contributed by atoms with Gasteiger partial charge < -0.3 is 5.73 Å². The highest BCUT2D eigenvalue weighted by Crippen LogP contribution is 2.63. The SMILES string of the molecule is Nc1ccc2c(c1)C1(c3ccccc3Sc3ccc(-c4c5c(c(-c6cccc7ccccc67)c6ccccc46)CCC=C5)cc31)c1ccccc1-2. The number of nitrogens with two attached hydrogens (primary N) is 1. The number of hydrogen-bond donors (Lipinski definition) is 1. The molecule has 3 aliphatic rings. The minimum atomic E-state index is -0.483. The first-order valence-electron chi connectivity index (χ1n) is 17.9. The summed E-state index contributed by atoms with van der Waals surface area (Å²) < 4.78 is 0. The van der Waals surface area contributed by atoms with Gasteiger partial charge in [-0.05, 0) is 131 Å². The molecule has 1 unspecified atom stereocenters. The van der Waals surface area contributed by atoms with Crippen LogP contribution in [0.2, 0.25) is 0 Å². The highest BCUT2D eigenvalue weighted by atomic mass is 32.2. The second-order valence-electron chi connectivity index (χ2n) is 14.1. The van der Waals surface area contributed by atoms with Gasteiger partial charge in [0.15, 0.2) is 0 Å². The van der Waals surface area contributed by atoms with E-state index in [2.05, 4.69) is 164 Å². The summed E-state index contributed by atoms with van der Waals surface area (Å²) in [4.78, 5) is 2.59. The zero-order chi connectivity index (χ0) is 33.7. The Labute approximate surface area is 302 Å². The summed E-state index contributed by atoms with van der Waals surface area (Å²) in [6.07, 6.45) is 6.82. The summed E-state index contributed by atoms with van der Waals surface area (Å²) in [5.74, 6) is 0. The van der Waals surface area contributed by atoms with Crippen molar-refractivity contribution in [1.82, 2.24) is 0 Å². The molecular formula is C49H33NS. The molecule has 0 amide bonds. The molecule has 2 heteroatoms. The van der Waals surface area contributed by atoms with Gasteiger partial charge in [-0.15, -0.1) is 0 Å². The molecule has 11 rings (SSSR count). The molecule has 0 fully saturated rings. The van der Waals surface area contributed by atoms with Crippen LogP contribution in [-0.2, 0) is 11.8 Å². The maximum atomic E-state index is 6.64. The van der Waals surface area contributed by atoms with Crippen molar-refractivity contribution >= 4 is 45.1 Å². The quantitative estimate of drug-likeness (QED) is 0.186. The highest BCUT2D eigenvalue weighted by Gasteiger charge is 2.50. The van der Waals surface area contributed by atoms with Crippen molar-refractivity contribution in [2.24, 2.45) is 0 Å². The lowest BCUT2D eigenvalue weighted by Gasteiger charge is -2.40. The standard InChI is InChI=1S/C49H33NS/c50-32-25-26-35-34-15-7-8-21-41(34)49(43(35)29-32)42-22-9-10-23-45(42)51-46-27-24-31(28-44(46)49)47-37-16-3-5-18-39(37)48(40-19-6-4-17-38(40)47)36-20-11-13-30-12-1-2-14-33(30)36/h1-5,7-18,20-29H,6,19,50H2. The Bertz CT molecular complexity index is 2800. The highest BCUT2D eigenvalue weighted by molar-refractivity contribution is 7.99. The van der Waals surface area contributed by atoms with E-state index in [-0.39, 0.29) is 0 Å². The van der Waals surface area contributed by atoms with Gasteiger partial charge in [0.05, 0.1) is 5.41 Å². The van der Waals surface area contributed by atoms with E-state index in [1.165, 1.54) is 98.1 Å². The molecule has 8 aromatic rings. The van der Waals surface area contributed by atoms with Crippen LogP contribution < -0.4 is 5.73 Å². The Balaban J connectivity index is 1.24. The molecule has 240 valence electrons. The molecule has 1 aliphatic heterocycles. The molecule has 1 nitrogen and oxygen atoms in total. The van der Waals surface area contributed by atoms with E-state index in [0.717, 1.165) is 18.5 Å². The van der Waals surface area contributed by atoms with Crippen LogP contribution in [0.3, 0.4) is 0 Å². The van der Waals surface area contributed by atoms with Gasteiger partial charge >= 0.3 is 0 Å². The molecule has 0 radical (unpaired) electrons. The Morgan fingerprint density at radius 2 is 1.20 bits per heavy atom. The zero-order valence-electron chi connectivity index (χ0n) is 28.0. The van der Waals surface area contributed by atoms with Crippen LogP contribution in [-0.4, -0.2) is 0 Å². The lowest BCUT2D eigenvalue weighted by molar-refractivity contribution is 0.723. The maximum Gasteiger partial charge on any atom is 0.0736 e. The van der Waals surface area contributed by atoms with Crippen molar-refractivity contribution in [3.63, 3.8) is 0 Å². The summed E-state index contributed by atoms with van der Waals surface area (Å²) >= 11 is 1.89. The molecule has 0 saturated carbocycles. The van der Waals surface area contributed by atoms with Crippen molar-refractivity contribution in [2.75, 3.05) is 5.73 Å². The van der Waals surface area contributed by atoms with Crippen LogP contribution in [0.1, 0.15) is 39.8 Å². The summed E-state index contributed by atoms with van der Waals surface area (Å²) in [7, 11) is 0. The molecule has 0 bridgehead atoms. The fraction of sp³-hybridized carbons (Fsp3) is 0.0612. The van der Waals surface area contributed by atoms with Crippen LogP contribution in [0.15, 0.2) is 168 Å². The van der Waals surface area contributed by atoms with Gasteiger partial charge in [0.2, 0.25) is 0 Å². The van der Waals surface area contributed by atoms with Crippen LogP contribution in [0.4, 0.5) is 5.69 Å². The number of hydrogen-bond acceptors (Lipinski definition) is 2. The molecular weight excluding hydrogens is 635 g/mol. The molecule has 0 aromatic heterocycles. The third-order valence-electron chi connectivity index (χ3n) is 11.5. The largest absolute Gasteiger partial charge is 0.399 e. The molecule has 2 N–H and O–H groups in total. The molecule has 1 heterocycles. The number of allylic oxidation sites excluding steroid dienone is 1. The Morgan fingerprint density at radius 3 is 2.10 bits per heavy atom. The normalized spacial score (nSPS) is 16.5. The fourth-order valence-electron chi connectivity index (χ4n) is 9.52. The average Bonchev–Trinajstić information content (AvgIpc) is 3.46. The Hall–Kier alpha value is -5.83. The van der Waals surface area contributed by atoms with Gasteiger partial charge in [0.25, 0.3) is 0 Å². The maximum absolute atomic E-state index is 6.64. The van der Waals surface area contributed by atoms with E-state index in [4.69, 9.17) is 5.73 Å². The third kappa shape index (κ3) is 3.94. The molecule has 2 aliphatic carbocycles. The van der Waals surface area contributed by atoms with Crippen LogP contribution >= 0.6 is 11.8 Å². The first-order chi connectivity index (χ1) is 25.2. The molecule has 1 atom stereocenters. The second-order valence-corrected chi connectivity index (χ2v) is 15.1.